The van der Waals surface area contributed by atoms with E-state index in [1.165, 1.54) is 16.0 Å². The van der Waals surface area contributed by atoms with Crippen LogP contribution >= 0.6 is 11.3 Å². The zero-order valence-corrected chi connectivity index (χ0v) is 17.4. The summed E-state index contributed by atoms with van der Waals surface area (Å²) in [6, 6.07) is 8.73. The summed E-state index contributed by atoms with van der Waals surface area (Å²) >= 11 is 1.70. The highest BCUT2D eigenvalue weighted by molar-refractivity contribution is 7.11. The summed E-state index contributed by atoms with van der Waals surface area (Å²) in [6.45, 7) is 10.3. The van der Waals surface area contributed by atoms with Gasteiger partial charge in [0.2, 0.25) is 0 Å². The van der Waals surface area contributed by atoms with Gasteiger partial charge in [-0.2, -0.15) is 0 Å². The number of aryl methyl sites for hydroxylation is 2. The molecule has 1 fully saturated rings. The summed E-state index contributed by atoms with van der Waals surface area (Å²) in [5.74, 6) is 0.852. The Morgan fingerprint density at radius 1 is 1.22 bits per heavy atom. The van der Waals surface area contributed by atoms with Crippen LogP contribution in [0.3, 0.4) is 0 Å². The smallest absolute Gasteiger partial charge is 0.191 e. The number of hydrogen-bond acceptors (Lipinski definition) is 4. The highest BCUT2D eigenvalue weighted by Crippen LogP contribution is 2.36. The molecular weight excluding hydrogens is 356 g/mol. The zero-order chi connectivity index (χ0) is 19.1. The molecule has 1 aromatic heterocycles. The van der Waals surface area contributed by atoms with E-state index >= 15 is 0 Å². The number of rotatable bonds is 6. The van der Waals surface area contributed by atoms with Gasteiger partial charge in [-0.25, -0.2) is 9.98 Å². The van der Waals surface area contributed by atoms with Crippen LogP contribution in [0.1, 0.15) is 40.8 Å². The Morgan fingerprint density at radius 2 is 2.00 bits per heavy atom. The molecule has 0 aliphatic carbocycles. The number of thiazole rings is 1. The number of ether oxygens (including phenoxy) is 1. The van der Waals surface area contributed by atoms with Gasteiger partial charge in [-0.1, -0.05) is 24.3 Å². The highest BCUT2D eigenvalue weighted by atomic mass is 32.1. The molecule has 0 amide bonds. The largest absolute Gasteiger partial charge is 0.381 e. The molecule has 2 N–H and O–H groups in total. The average molecular weight is 387 g/mol. The van der Waals surface area contributed by atoms with Gasteiger partial charge in [-0.3, -0.25) is 0 Å². The normalized spacial score (nSPS) is 16.9. The molecule has 1 saturated heterocycles. The molecule has 0 bridgehead atoms. The lowest BCUT2D eigenvalue weighted by atomic mass is 9.72. The van der Waals surface area contributed by atoms with E-state index in [9.17, 15) is 0 Å². The molecule has 0 spiro atoms. The first-order valence-electron chi connectivity index (χ1n) is 9.70. The second-order valence-corrected chi connectivity index (χ2v) is 8.44. The van der Waals surface area contributed by atoms with E-state index in [1.807, 2.05) is 6.20 Å². The number of benzene rings is 1. The van der Waals surface area contributed by atoms with Crippen LogP contribution in [0.15, 0.2) is 35.5 Å². The molecule has 1 aliphatic heterocycles. The number of aromatic nitrogens is 1. The van der Waals surface area contributed by atoms with Gasteiger partial charge in [0.25, 0.3) is 0 Å². The molecule has 1 aromatic carbocycles. The third-order valence-electron chi connectivity index (χ3n) is 5.15. The van der Waals surface area contributed by atoms with Crippen molar-refractivity contribution >= 4 is 17.3 Å². The molecule has 5 nitrogen and oxygen atoms in total. The molecule has 2 heterocycles. The maximum atomic E-state index is 5.67. The lowest BCUT2D eigenvalue weighted by Gasteiger charge is -2.39. The lowest BCUT2D eigenvalue weighted by Crippen LogP contribution is -2.48. The number of aliphatic imine (C=N–C) groups is 1. The zero-order valence-electron chi connectivity index (χ0n) is 16.5. The van der Waals surface area contributed by atoms with Gasteiger partial charge in [-0.05, 0) is 44.7 Å². The molecule has 6 heteroatoms. The number of hydrogen-bond donors (Lipinski definition) is 2. The van der Waals surface area contributed by atoms with Gasteiger partial charge in [0.1, 0.15) is 5.01 Å². The third kappa shape index (κ3) is 5.08. The van der Waals surface area contributed by atoms with Crippen molar-refractivity contribution in [3.63, 3.8) is 0 Å². The molecule has 27 heavy (non-hydrogen) atoms. The molecule has 1 aliphatic rings. The van der Waals surface area contributed by atoms with Crippen molar-refractivity contribution in [2.24, 2.45) is 4.99 Å². The predicted molar refractivity (Wildman–Crippen MR) is 113 cm³/mol. The monoisotopic (exact) mass is 386 g/mol. The van der Waals surface area contributed by atoms with E-state index in [-0.39, 0.29) is 5.41 Å². The van der Waals surface area contributed by atoms with E-state index in [2.05, 4.69) is 60.7 Å². The fraction of sp³-hybridized carbons (Fsp3) is 0.524. The van der Waals surface area contributed by atoms with Gasteiger partial charge in [0.15, 0.2) is 5.96 Å². The molecule has 0 radical (unpaired) electrons. The standard InChI is InChI=1S/C21H30N4OS/c1-4-22-20(24-14-19-23-13-17(3)27-19)25-15-21(9-11-26-12-10-21)18-8-6-5-7-16(18)2/h5-8,13H,4,9-12,14-15H2,1-3H3,(H2,22,24,25). The SMILES string of the molecule is CCNC(=NCc1ncc(C)s1)NCC1(c2ccccc2C)CCOCC1. The molecule has 0 atom stereocenters. The van der Waals surface area contributed by atoms with Crippen molar-refractivity contribution in [2.45, 2.75) is 45.6 Å². The summed E-state index contributed by atoms with van der Waals surface area (Å²) in [4.78, 5) is 10.4. The van der Waals surface area contributed by atoms with Crippen molar-refractivity contribution in [1.82, 2.24) is 15.6 Å². The summed E-state index contributed by atoms with van der Waals surface area (Å²) in [5.41, 5.74) is 2.85. The number of nitrogens with zero attached hydrogens (tertiary/aromatic N) is 2. The van der Waals surface area contributed by atoms with Crippen LogP contribution in [0.25, 0.3) is 0 Å². The number of guanidine groups is 1. The Balaban J connectivity index is 1.75. The van der Waals surface area contributed by atoms with Crippen LogP contribution in [0.5, 0.6) is 0 Å². The first-order chi connectivity index (χ1) is 13.1. The average Bonchev–Trinajstić information content (AvgIpc) is 3.10. The van der Waals surface area contributed by atoms with E-state index in [4.69, 9.17) is 9.73 Å². The first kappa shape index (κ1) is 19.8. The summed E-state index contributed by atoms with van der Waals surface area (Å²) in [7, 11) is 0. The molecule has 146 valence electrons. The van der Waals surface area contributed by atoms with Crippen molar-refractivity contribution in [3.8, 4) is 0 Å². The van der Waals surface area contributed by atoms with Crippen LogP contribution in [0.4, 0.5) is 0 Å². The Kier molecular flexibility index (Phi) is 6.85. The molecule has 3 rings (SSSR count). The minimum atomic E-state index is 0.0809. The summed E-state index contributed by atoms with van der Waals surface area (Å²) in [5, 5.41) is 8.01. The fourth-order valence-electron chi connectivity index (χ4n) is 3.69. The first-order valence-corrected chi connectivity index (χ1v) is 10.5. The van der Waals surface area contributed by atoms with Crippen molar-refractivity contribution in [3.05, 3.63) is 51.5 Å². The van der Waals surface area contributed by atoms with E-state index < -0.39 is 0 Å². The predicted octanol–water partition coefficient (Wildman–Crippen LogP) is 3.56. The minimum absolute atomic E-state index is 0.0809. The molecular formula is C21H30N4OS. The van der Waals surface area contributed by atoms with Gasteiger partial charge < -0.3 is 15.4 Å². The maximum Gasteiger partial charge on any atom is 0.191 e. The van der Waals surface area contributed by atoms with E-state index in [0.29, 0.717) is 6.54 Å². The van der Waals surface area contributed by atoms with Gasteiger partial charge in [0.05, 0.1) is 6.54 Å². The Labute approximate surface area is 166 Å². The van der Waals surface area contributed by atoms with Crippen LogP contribution < -0.4 is 10.6 Å². The van der Waals surface area contributed by atoms with Gasteiger partial charge in [0, 0.05) is 42.8 Å². The third-order valence-corrected chi connectivity index (χ3v) is 6.04. The van der Waals surface area contributed by atoms with Crippen molar-refractivity contribution in [2.75, 3.05) is 26.3 Å². The quantitative estimate of drug-likeness (QED) is 0.589. The summed E-state index contributed by atoms with van der Waals surface area (Å²) < 4.78 is 5.67. The lowest BCUT2D eigenvalue weighted by molar-refractivity contribution is 0.0512. The van der Waals surface area contributed by atoms with Crippen LogP contribution in [-0.4, -0.2) is 37.2 Å². The van der Waals surface area contributed by atoms with Crippen molar-refractivity contribution < 1.29 is 4.74 Å². The van der Waals surface area contributed by atoms with E-state index in [0.717, 1.165) is 50.1 Å². The molecule has 0 saturated carbocycles. The molecule has 2 aromatic rings. The van der Waals surface area contributed by atoms with Gasteiger partial charge in [-0.15, -0.1) is 11.3 Å². The second-order valence-electron chi connectivity index (χ2n) is 7.12. The van der Waals surface area contributed by atoms with Crippen LogP contribution in [-0.2, 0) is 16.7 Å². The van der Waals surface area contributed by atoms with Crippen LogP contribution in [0.2, 0.25) is 0 Å². The highest BCUT2D eigenvalue weighted by Gasteiger charge is 2.35. The minimum Gasteiger partial charge on any atom is -0.381 e. The Morgan fingerprint density at radius 3 is 2.67 bits per heavy atom. The fourth-order valence-corrected chi connectivity index (χ4v) is 4.40. The van der Waals surface area contributed by atoms with E-state index in [1.54, 1.807) is 11.3 Å². The van der Waals surface area contributed by atoms with Crippen LogP contribution in [0, 0.1) is 13.8 Å². The maximum absolute atomic E-state index is 5.67. The molecule has 0 unspecified atom stereocenters. The number of nitrogens with one attached hydrogen (secondary N) is 2. The second kappa shape index (κ2) is 9.33. The Hall–Kier alpha value is -1.92. The Bertz CT molecular complexity index is 765. The topological polar surface area (TPSA) is 58.5 Å². The van der Waals surface area contributed by atoms with Gasteiger partial charge >= 0.3 is 0 Å². The van der Waals surface area contributed by atoms with Crippen molar-refractivity contribution in [1.29, 1.82) is 0 Å². The summed E-state index contributed by atoms with van der Waals surface area (Å²) in [6.07, 6.45) is 3.96.